The first-order valence-corrected chi connectivity index (χ1v) is 11.4. The largest absolute Gasteiger partial charge is 0.444 e. The molecular weight excluding hydrogens is 491 g/mol. The van der Waals surface area contributed by atoms with Crippen molar-refractivity contribution < 1.29 is 13.7 Å². The Hall–Kier alpha value is -0.580. The Balaban J connectivity index is 0.00000729. The highest BCUT2D eigenvalue weighted by Gasteiger charge is 2.26. The zero-order valence-corrected chi connectivity index (χ0v) is 21.4. The lowest BCUT2D eigenvalue weighted by molar-refractivity contribution is 0.0304. The molecule has 1 aliphatic carbocycles. The molecule has 0 aromatic rings. The van der Waals surface area contributed by atoms with Gasteiger partial charge in [-0.1, -0.05) is 13.3 Å². The number of ether oxygens (including phenoxy) is 1. The van der Waals surface area contributed by atoms with Crippen LogP contribution in [0.5, 0.6) is 0 Å². The zero-order chi connectivity index (χ0) is 20.4. The summed E-state index contributed by atoms with van der Waals surface area (Å²) in [5.41, 5.74) is -0.499. The van der Waals surface area contributed by atoms with Crippen molar-refractivity contribution >= 4 is 46.8 Å². The van der Waals surface area contributed by atoms with Crippen LogP contribution in [0, 0.1) is 0 Å². The molecule has 1 amide bonds. The number of carbonyl (C=O) groups is 1. The molecule has 28 heavy (non-hydrogen) atoms. The number of amides is 1. The number of carbonyl (C=O) groups excluding carboxylic acids is 1. The number of aliphatic imine (C=N–C) groups is 1. The van der Waals surface area contributed by atoms with Gasteiger partial charge in [0.25, 0.3) is 0 Å². The predicted molar refractivity (Wildman–Crippen MR) is 128 cm³/mol. The third-order valence-corrected chi connectivity index (χ3v) is 6.12. The lowest BCUT2D eigenvalue weighted by atomic mass is 9.95. The lowest BCUT2D eigenvalue weighted by Gasteiger charge is -2.30. The molecule has 0 aromatic heterocycles. The van der Waals surface area contributed by atoms with Crippen LogP contribution in [0.3, 0.4) is 0 Å². The van der Waals surface area contributed by atoms with Crippen molar-refractivity contribution in [3.63, 3.8) is 0 Å². The number of nitrogens with one attached hydrogen (secondary N) is 2. The summed E-state index contributed by atoms with van der Waals surface area (Å²) in [6, 6.07) is 0.292. The molecule has 9 heteroatoms. The summed E-state index contributed by atoms with van der Waals surface area (Å²) >= 11 is 0. The summed E-state index contributed by atoms with van der Waals surface area (Å²) in [6.45, 7) is 11.3. The van der Waals surface area contributed by atoms with E-state index in [2.05, 4.69) is 15.6 Å². The van der Waals surface area contributed by atoms with Crippen molar-refractivity contribution in [2.75, 3.05) is 32.4 Å². The summed E-state index contributed by atoms with van der Waals surface area (Å²) in [4.78, 5) is 18.1. The first-order chi connectivity index (χ1) is 12.7. The van der Waals surface area contributed by atoms with Crippen molar-refractivity contribution in [3.05, 3.63) is 0 Å². The molecule has 1 rings (SSSR count). The van der Waals surface area contributed by atoms with Crippen molar-refractivity contribution in [3.8, 4) is 0 Å². The van der Waals surface area contributed by atoms with Crippen LogP contribution in [0.25, 0.3) is 0 Å². The van der Waals surface area contributed by atoms with Gasteiger partial charge in [0.2, 0.25) is 0 Å². The second-order valence-electron chi connectivity index (χ2n) is 7.96. The van der Waals surface area contributed by atoms with E-state index >= 15 is 0 Å². The van der Waals surface area contributed by atoms with E-state index in [0.717, 1.165) is 43.9 Å². The van der Waals surface area contributed by atoms with Gasteiger partial charge in [-0.3, -0.25) is 9.20 Å². The lowest BCUT2D eigenvalue weighted by Crippen LogP contribution is -2.47. The Kier molecular flexibility index (Phi) is 13.3. The number of nitrogens with zero attached hydrogens (tertiary/aromatic N) is 2. The summed E-state index contributed by atoms with van der Waals surface area (Å²) in [6.07, 6.45) is 3.79. The number of hydrogen-bond acceptors (Lipinski definition) is 4. The van der Waals surface area contributed by atoms with E-state index in [1.807, 2.05) is 34.6 Å². The Morgan fingerprint density at radius 2 is 1.96 bits per heavy atom. The molecule has 1 fully saturated rings. The van der Waals surface area contributed by atoms with E-state index in [-0.39, 0.29) is 35.3 Å². The first-order valence-electron chi connectivity index (χ1n) is 10.0. The number of rotatable bonds is 7. The Labute approximate surface area is 190 Å². The molecular formula is C19H39IN4O3S. The highest BCUT2D eigenvalue weighted by atomic mass is 127. The topological polar surface area (TPSA) is 83.0 Å². The van der Waals surface area contributed by atoms with Crippen LogP contribution in [0.4, 0.5) is 4.79 Å². The molecule has 1 aliphatic rings. The maximum atomic E-state index is 12.1. The fourth-order valence-electron chi connectivity index (χ4n) is 3.01. The molecule has 0 heterocycles. The molecule has 0 aromatic carbocycles. The normalized spacial score (nSPS) is 21.3. The molecule has 166 valence electrons. The minimum Gasteiger partial charge on any atom is -0.444 e. The fraction of sp³-hybridized carbons (Fsp3) is 0.895. The second kappa shape index (κ2) is 13.6. The van der Waals surface area contributed by atoms with Crippen LogP contribution in [0.15, 0.2) is 4.99 Å². The average molecular weight is 531 g/mol. The van der Waals surface area contributed by atoms with Gasteiger partial charge in [0, 0.05) is 48.0 Å². The molecule has 0 bridgehead atoms. The standard InChI is InChI=1S/C19H38N4O3S.HI/c1-7-20-17(21-12-13-23(6)18(24)26-19(3,4)5)22-15-10-9-11-16(14-15)27(25)8-2;/h15-16H,7-14H2,1-6H3,(H2,20,21,22);1H. The molecule has 3 atom stereocenters. The third-order valence-electron chi connectivity index (χ3n) is 4.38. The average Bonchev–Trinajstić information content (AvgIpc) is 2.59. The van der Waals surface area contributed by atoms with E-state index in [1.165, 1.54) is 0 Å². The SMILES string of the molecule is CCNC(=NCCN(C)C(=O)OC(C)(C)C)NC1CCCC(S(=O)CC)C1.I. The molecule has 2 N–H and O–H groups in total. The molecule has 0 saturated heterocycles. The third kappa shape index (κ3) is 10.8. The van der Waals surface area contributed by atoms with Gasteiger partial charge in [-0.2, -0.15) is 0 Å². The van der Waals surface area contributed by atoms with Crippen LogP contribution in [0.1, 0.15) is 60.3 Å². The van der Waals surface area contributed by atoms with Crippen LogP contribution < -0.4 is 10.6 Å². The summed E-state index contributed by atoms with van der Waals surface area (Å²) < 4.78 is 17.5. The van der Waals surface area contributed by atoms with Gasteiger partial charge in [-0.25, -0.2) is 4.79 Å². The molecule has 0 spiro atoms. The van der Waals surface area contributed by atoms with Gasteiger partial charge in [0.15, 0.2) is 5.96 Å². The van der Waals surface area contributed by atoms with Gasteiger partial charge in [-0.05, 0) is 47.0 Å². The molecule has 0 aliphatic heterocycles. The highest BCUT2D eigenvalue weighted by molar-refractivity contribution is 14.0. The molecule has 1 saturated carbocycles. The van der Waals surface area contributed by atoms with Crippen molar-refractivity contribution in [1.82, 2.24) is 15.5 Å². The van der Waals surface area contributed by atoms with E-state index in [9.17, 15) is 9.00 Å². The number of halogens is 1. The highest BCUT2D eigenvalue weighted by Crippen LogP contribution is 2.23. The van der Waals surface area contributed by atoms with Crippen LogP contribution in [-0.2, 0) is 15.5 Å². The van der Waals surface area contributed by atoms with E-state index in [1.54, 1.807) is 11.9 Å². The second-order valence-corrected chi connectivity index (χ2v) is 9.97. The van der Waals surface area contributed by atoms with Gasteiger partial charge >= 0.3 is 6.09 Å². The van der Waals surface area contributed by atoms with Gasteiger partial charge < -0.3 is 20.3 Å². The minimum absolute atomic E-state index is 0. The smallest absolute Gasteiger partial charge is 0.410 e. The number of guanidine groups is 1. The number of hydrogen-bond donors (Lipinski definition) is 2. The van der Waals surface area contributed by atoms with Crippen molar-refractivity contribution in [2.45, 2.75) is 77.2 Å². The molecule has 0 radical (unpaired) electrons. The Morgan fingerprint density at radius 3 is 2.54 bits per heavy atom. The Bertz CT molecular complexity index is 526. The van der Waals surface area contributed by atoms with Gasteiger partial charge in [0.1, 0.15) is 5.60 Å². The van der Waals surface area contributed by atoms with Gasteiger partial charge in [-0.15, -0.1) is 24.0 Å². The zero-order valence-electron chi connectivity index (χ0n) is 18.2. The molecule has 7 nitrogen and oxygen atoms in total. The van der Waals surface area contributed by atoms with Gasteiger partial charge in [0.05, 0.1) is 6.54 Å². The fourth-order valence-corrected chi connectivity index (χ4v) is 4.35. The molecule has 3 unspecified atom stereocenters. The van der Waals surface area contributed by atoms with Crippen molar-refractivity contribution in [2.24, 2.45) is 4.99 Å². The van der Waals surface area contributed by atoms with Crippen LogP contribution in [0.2, 0.25) is 0 Å². The van der Waals surface area contributed by atoms with Crippen molar-refractivity contribution in [1.29, 1.82) is 0 Å². The van der Waals surface area contributed by atoms with E-state index in [4.69, 9.17) is 4.74 Å². The minimum atomic E-state index is -0.736. The van der Waals surface area contributed by atoms with Crippen LogP contribution in [-0.4, -0.2) is 70.5 Å². The summed E-state index contributed by atoms with van der Waals surface area (Å²) in [5.74, 6) is 1.48. The monoisotopic (exact) mass is 530 g/mol. The summed E-state index contributed by atoms with van der Waals surface area (Å²) in [5, 5.41) is 7.01. The first kappa shape index (κ1) is 27.4. The Morgan fingerprint density at radius 1 is 1.29 bits per heavy atom. The predicted octanol–water partition coefficient (Wildman–Crippen LogP) is 3.11. The van der Waals surface area contributed by atoms with E-state index < -0.39 is 16.4 Å². The number of likely N-dealkylation sites (N-methyl/N-ethyl adjacent to an activating group) is 1. The maximum absolute atomic E-state index is 12.1. The summed E-state index contributed by atoms with van der Waals surface area (Å²) in [7, 11) is 0.982. The van der Waals surface area contributed by atoms with Crippen LogP contribution >= 0.6 is 24.0 Å². The maximum Gasteiger partial charge on any atom is 0.410 e. The van der Waals surface area contributed by atoms with E-state index in [0.29, 0.717) is 19.1 Å². The quantitative estimate of drug-likeness (QED) is 0.300.